The van der Waals surface area contributed by atoms with E-state index < -0.39 is 17.5 Å². The van der Waals surface area contributed by atoms with Gasteiger partial charge in [0.05, 0.1) is 0 Å². The maximum atomic E-state index is 13.2. The van der Waals surface area contributed by atoms with Gasteiger partial charge < -0.3 is 20.5 Å². The second kappa shape index (κ2) is 7.26. The highest BCUT2D eigenvalue weighted by molar-refractivity contribution is 5.67. The zero-order valence-electron chi connectivity index (χ0n) is 12.9. The van der Waals surface area contributed by atoms with Crippen molar-refractivity contribution in [3.8, 4) is 5.75 Å². The summed E-state index contributed by atoms with van der Waals surface area (Å²) in [5.74, 6) is -0.994. The fourth-order valence-electron chi connectivity index (χ4n) is 1.61. The fourth-order valence-corrected chi connectivity index (χ4v) is 1.61. The molecule has 3 N–H and O–H groups in total. The summed E-state index contributed by atoms with van der Waals surface area (Å²) in [5, 5.41) is 15.3. The van der Waals surface area contributed by atoms with Gasteiger partial charge in [-0.05, 0) is 33.8 Å². The molecule has 0 radical (unpaired) electrons. The first-order valence-corrected chi connectivity index (χ1v) is 6.85. The van der Waals surface area contributed by atoms with E-state index in [0.29, 0.717) is 18.7 Å². The average Bonchev–Trinajstić information content (AvgIpc) is 2.36. The monoisotopic (exact) mass is 298 g/mol. The van der Waals surface area contributed by atoms with Crippen molar-refractivity contribution in [2.45, 2.75) is 45.9 Å². The number of benzene rings is 1. The van der Waals surface area contributed by atoms with Crippen molar-refractivity contribution in [1.82, 2.24) is 10.6 Å². The number of hydrogen-bond acceptors (Lipinski definition) is 4. The van der Waals surface area contributed by atoms with Gasteiger partial charge in [0.15, 0.2) is 11.6 Å². The van der Waals surface area contributed by atoms with Gasteiger partial charge in [0, 0.05) is 24.7 Å². The molecule has 0 heterocycles. The van der Waals surface area contributed by atoms with Crippen molar-refractivity contribution in [2.75, 3.05) is 6.54 Å². The molecule has 0 spiro atoms. The van der Waals surface area contributed by atoms with E-state index in [1.54, 1.807) is 26.8 Å². The molecule has 6 heteroatoms. The zero-order chi connectivity index (χ0) is 16.0. The van der Waals surface area contributed by atoms with Crippen molar-refractivity contribution in [1.29, 1.82) is 0 Å². The second-order valence-corrected chi connectivity index (χ2v) is 5.91. The van der Waals surface area contributed by atoms with Crippen molar-refractivity contribution in [2.24, 2.45) is 0 Å². The van der Waals surface area contributed by atoms with Gasteiger partial charge >= 0.3 is 6.09 Å². The van der Waals surface area contributed by atoms with E-state index in [1.165, 1.54) is 12.1 Å². The second-order valence-electron chi connectivity index (χ2n) is 5.91. The Morgan fingerprint density at radius 3 is 2.71 bits per heavy atom. The number of aromatic hydroxyl groups is 1. The highest BCUT2D eigenvalue weighted by atomic mass is 19.1. The lowest BCUT2D eigenvalue weighted by Gasteiger charge is -2.21. The topological polar surface area (TPSA) is 70.6 Å². The summed E-state index contributed by atoms with van der Waals surface area (Å²) in [6, 6.07) is 4.32. The van der Waals surface area contributed by atoms with Crippen LogP contribution in [-0.2, 0) is 11.3 Å². The Morgan fingerprint density at radius 1 is 1.43 bits per heavy atom. The van der Waals surface area contributed by atoms with Gasteiger partial charge in [-0.3, -0.25) is 0 Å². The maximum Gasteiger partial charge on any atom is 0.407 e. The minimum Gasteiger partial charge on any atom is -0.505 e. The third-order valence-corrected chi connectivity index (χ3v) is 2.66. The highest BCUT2D eigenvalue weighted by Crippen LogP contribution is 2.20. The Bertz CT molecular complexity index is 486. The number of rotatable bonds is 5. The van der Waals surface area contributed by atoms with Crippen LogP contribution in [0, 0.1) is 5.82 Å². The standard InChI is InChI=1S/C15H23FN2O3/c1-10(8-18-14(20)21-15(2,3)4)17-9-11-6-5-7-12(16)13(11)19/h5-7,10,17,19H,8-9H2,1-4H3,(H,18,20). The smallest absolute Gasteiger partial charge is 0.407 e. The SMILES string of the molecule is CC(CNC(=O)OC(C)(C)C)NCc1cccc(F)c1O. The molecule has 1 aromatic carbocycles. The predicted octanol–water partition coefficient (Wildman–Crippen LogP) is 2.53. The Labute approximate surface area is 124 Å². The summed E-state index contributed by atoms with van der Waals surface area (Å²) >= 11 is 0. The van der Waals surface area contributed by atoms with Gasteiger partial charge in [0.25, 0.3) is 0 Å². The van der Waals surface area contributed by atoms with Crippen molar-refractivity contribution in [3.05, 3.63) is 29.6 Å². The van der Waals surface area contributed by atoms with Crippen molar-refractivity contribution in [3.63, 3.8) is 0 Å². The van der Waals surface area contributed by atoms with Crippen LogP contribution in [0.5, 0.6) is 5.75 Å². The molecular weight excluding hydrogens is 275 g/mol. The number of carbonyl (C=O) groups excluding carboxylic acids is 1. The van der Waals surface area contributed by atoms with Gasteiger partial charge in [-0.25, -0.2) is 9.18 Å². The molecule has 1 unspecified atom stereocenters. The predicted molar refractivity (Wildman–Crippen MR) is 78.6 cm³/mol. The lowest BCUT2D eigenvalue weighted by atomic mass is 10.2. The van der Waals surface area contributed by atoms with Crippen LogP contribution in [0.25, 0.3) is 0 Å². The number of halogens is 1. The number of alkyl carbamates (subject to hydrolysis) is 1. The molecule has 0 fully saturated rings. The van der Waals surface area contributed by atoms with E-state index in [-0.39, 0.29) is 11.8 Å². The van der Waals surface area contributed by atoms with Gasteiger partial charge in [0.1, 0.15) is 5.60 Å². The first-order chi connectivity index (χ1) is 9.69. The summed E-state index contributed by atoms with van der Waals surface area (Å²) in [6.07, 6.45) is -0.482. The third-order valence-electron chi connectivity index (χ3n) is 2.66. The van der Waals surface area contributed by atoms with E-state index in [0.717, 1.165) is 0 Å². The largest absolute Gasteiger partial charge is 0.505 e. The summed E-state index contributed by atoms with van der Waals surface area (Å²) < 4.78 is 18.3. The first kappa shape index (κ1) is 17.2. The number of carbonyl (C=O) groups is 1. The van der Waals surface area contributed by atoms with Crippen LogP contribution >= 0.6 is 0 Å². The molecule has 0 aliphatic carbocycles. The summed E-state index contributed by atoms with van der Waals surface area (Å²) in [6.45, 7) is 7.92. The first-order valence-electron chi connectivity index (χ1n) is 6.85. The van der Waals surface area contributed by atoms with Crippen LogP contribution < -0.4 is 10.6 Å². The minimum absolute atomic E-state index is 0.0554. The Kier molecular flexibility index (Phi) is 5.96. The molecule has 0 saturated heterocycles. The van der Waals surface area contributed by atoms with Gasteiger partial charge in [-0.1, -0.05) is 12.1 Å². The number of hydrogen-bond donors (Lipinski definition) is 3. The lowest BCUT2D eigenvalue weighted by molar-refractivity contribution is 0.0523. The molecule has 1 rings (SSSR count). The number of ether oxygens (including phenoxy) is 1. The van der Waals surface area contributed by atoms with E-state index in [4.69, 9.17) is 4.74 Å². The molecule has 0 aromatic heterocycles. The normalized spacial score (nSPS) is 12.8. The fraction of sp³-hybridized carbons (Fsp3) is 0.533. The molecular formula is C15H23FN2O3. The Balaban J connectivity index is 2.36. The summed E-state index contributed by atoms with van der Waals surface area (Å²) in [7, 11) is 0. The van der Waals surface area contributed by atoms with Crippen LogP contribution in [0.4, 0.5) is 9.18 Å². The average molecular weight is 298 g/mol. The van der Waals surface area contributed by atoms with Crippen LogP contribution in [0.15, 0.2) is 18.2 Å². The molecule has 1 aromatic rings. The number of phenolic OH excluding ortho intramolecular Hbond substituents is 1. The van der Waals surface area contributed by atoms with Gasteiger partial charge in [-0.15, -0.1) is 0 Å². The summed E-state index contributed by atoms with van der Waals surface area (Å²) in [4.78, 5) is 11.5. The van der Waals surface area contributed by atoms with Crippen LogP contribution in [0.1, 0.15) is 33.3 Å². The number of para-hydroxylation sites is 1. The maximum absolute atomic E-state index is 13.2. The number of nitrogens with one attached hydrogen (secondary N) is 2. The van der Waals surface area contributed by atoms with Crippen LogP contribution in [-0.4, -0.2) is 29.4 Å². The number of amides is 1. The van der Waals surface area contributed by atoms with E-state index >= 15 is 0 Å². The van der Waals surface area contributed by atoms with Gasteiger partial charge in [0.2, 0.25) is 0 Å². The minimum atomic E-state index is -0.645. The lowest BCUT2D eigenvalue weighted by Crippen LogP contribution is -2.41. The molecule has 21 heavy (non-hydrogen) atoms. The molecule has 5 nitrogen and oxygen atoms in total. The molecule has 1 atom stereocenters. The Hall–Kier alpha value is -1.82. The zero-order valence-corrected chi connectivity index (χ0v) is 12.9. The van der Waals surface area contributed by atoms with Crippen molar-refractivity contribution >= 4 is 6.09 Å². The molecule has 118 valence electrons. The highest BCUT2D eigenvalue weighted by Gasteiger charge is 2.16. The van der Waals surface area contributed by atoms with Crippen LogP contribution in [0.3, 0.4) is 0 Å². The molecule has 0 aliphatic heterocycles. The van der Waals surface area contributed by atoms with Crippen LogP contribution in [0.2, 0.25) is 0 Å². The van der Waals surface area contributed by atoms with Crippen molar-refractivity contribution < 1.29 is 19.0 Å². The number of phenols is 1. The van der Waals surface area contributed by atoms with E-state index in [1.807, 2.05) is 6.92 Å². The van der Waals surface area contributed by atoms with E-state index in [9.17, 15) is 14.3 Å². The summed E-state index contributed by atoms with van der Waals surface area (Å²) in [5.41, 5.74) is -0.0622. The molecule has 0 aliphatic rings. The van der Waals surface area contributed by atoms with E-state index in [2.05, 4.69) is 10.6 Å². The Morgan fingerprint density at radius 2 is 2.10 bits per heavy atom. The third kappa shape index (κ3) is 6.44. The molecule has 1 amide bonds. The molecule has 0 bridgehead atoms. The molecule has 0 saturated carbocycles. The van der Waals surface area contributed by atoms with Gasteiger partial charge in [-0.2, -0.15) is 0 Å². The quantitative estimate of drug-likeness (QED) is 0.781.